The quantitative estimate of drug-likeness (QED) is 0.423. The van der Waals surface area contributed by atoms with E-state index in [1.165, 1.54) is 12.8 Å². The molecule has 0 aromatic heterocycles. The molecule has 1 spiro atoms. The van der Waals surface area contributed by atoms with Gasteiger partial charge in [0.15, 0.2) is 0 Å². The summed E-state index contributed by atoms with van der Waals surface area (Å²) in [6, 6.07) is 15.9. The van der Waals surface area contributed by atoms with Crippen molar-refractivity contribution in [2.45, 2.75) is 57.5 Å². The van der Waals surface area contributed by atoms with Gasteiger partial charge in [0.2, 0.25) is 11.8 Å². The van der Waals surface area contributed by atoms with E-state index >= 15 is 0 Å². The Bertz CT molecular complexity index is 1110. The number of amides is 2. The maximum Gasteiger partial charge on any atom is 0.229 e. The van der Waals surface area contributed by atoms with Crippen LogP contribution in [-0.4, -0.2) is 62.0 Å². The van der Waals surface area contributed by atoms with Gasteiger partial charge in [-0.3, -0.25) is 9.59 Å². The number of halogens is 1. The lowest BCUT2D eigenvalue weighted by Crippen LogP contribution is -2.45. The van der Waals surface area contributed by atoms with Crippen molar-refractivity contribution >= 4 is 24.2 Å². The van der Waals surface area contributed by atoms with Gasteiger partial charge in [0.05, 0.1) is 25.7 Å². The summed E-state index contributed by atoms with van der Waals surface area (Å²) in [5.41, 5.74) is 1.95. The summed E-state index contributed by atoms with van der Waals surface area (Å²) in [6.07, 6.45) is 6.51. The number of nitrogens with zero attached hydrogens (tertiary/aromatic N) is 2. The van der Waals surface area contributed by atoms with Crippen LogP contribution in [0.1, 0.15) is 62.1 Å². The molecule has 1 saturated carbocycles. The van der Waals surface area contributed by atoms with Crippen LogP contribution < -0.4 is 14.8 Å². The second kappa shape index (κ2) is 13.1. The first-order valence-corrected chi connectivity index (χ1v) is 14.1. The summed E-state index contributed by atoms with van der Waals surface area (Å²) in [5, 5.41) is 3.30. The number of rotatable bonds is 11. The predicted octanol–water partition coefficient (Wildman–Crippen LogP) is 4.99. The standard InChI is InChI=1S/C31H41N3O4.ClH/c1-37-25-11-9-24(10-12-25)22-34-20-16-31(30(34)36)14-18-33(19-15-31)17-13-27(32-29(35)21-23-7-8-23)26-5-3-4-6-28(26)38-2;/h3-6,9-12,23,27H,7-8,13-22H2,1-2H3,(H,32,35);1H. The number of hydrogen-bond donors (Lipinski definition) is 1. The van der Waals surface area contributed by atoms with Gasteiger partial charge in [-0.15, -0.1) is 12.4 Å². The van der Waals surface area contributed by atoms with Gasteiger partial charge in [-0.2, -0.15) is 0 Å². The molecule has 2 heterocycles. The van der Waals surface area contributed by atoms with E-state index in [2.05, 4.69) is 16.3 Å². The van der Waals surface area contributed by atoms with Crippen LogP contribution in [-0.2, 0) is 16.1 Å². The second-order valence-corrected chi connectivity index (χ2v) is 11.2. The van der Waals surface area contributed by atoms with E-state index < -0.39 is 0 Å². The molecule has 5 rings (SSSR count). The van der Waals surface area contributed by atoms with Crippen molar-refractivity contribution in [3.63, 3.8) is 0 Å². The molecule has 39 heavy (non-hydrogen) atoms. The Labute approximate surface area is 238 Å². The number of piperidine rings is 1. The van der Waals surface area contributed by atoms with Gasteiger partial charge in [-0.1, -0.05) is 30.3 Å². The average Bonchev–Trinajstić information content (AvgIpc) is 3.72. The average molecular weight is 556 g/mol. The van der Waals surface area contributed by atoms with Crippen LogP contribution in [0.5, 0.6) is 11.5 Å². The molecule has 2 amide bonds. The Balaban J connectivity index is 0.00000353. The molecule has 0 radical (unpaired) electrons. The maximum atomic E-state index is 13.5. The SMILES string of the molecule is COc1ccc(CN2CCC3(CCN(CCC(NC(=O)CC4CC4)c4ccccc4OC)CC3)C2=O)cc1.Cl. The Morgan fingerprint density at radius 1 is 1.00 bits per heavy atom. The molecule has 3 fully saturated rings. The molecule has 212 valence electrons. The summed E-state index contributed by atoms with van der Waals surface area (Å²) < 4.78 is 10.9. The first-order valence-electron chi connectivity index (χ1n) is 14.1. The number of likely N-dealkylation sites (tertiary alicyclic amines) is 2. The van der Waals surface area contributed by atoms with Crippen LogP contribution in [0.15, 0.2) is 48.5 Å². The summed E-state index contributed by atoms with van der Waals surface area (Å²) in [5.74, 6) is 2.65. The van der Waals surface area contributed by atoms with Crippen LogP contribution in [0, 0.1) is 11.3 Å². The zero-order valence-electron chi connectivity index (χ0n) is 23.2. The normalized spacial score (nSPS) is 19.4. The van der Waals surface area contributed by atoms with Crippen molar-refractivity contribution in [2.24, 2.45) is 11.3 Å². The van der Waals surface area contributed by atoms with Crippen LogP contribution in [0.3, 0.4) is 0 Å². The third kappa shape index (κ3) is 7.06. The largest absolute Gasteiger partial charge is 0.497 e. The van der Waals surface area contributed by atoms with E-state index in [9.17, 15) is 9.59 Å². The summed E-state index contributed by atoms with van der Waals surface area (Å²) in [7, 11) is 3.35. The van der Waals surface area contributed by atoms with Gasteiger partial charge < -0.3 is 24.6 Å². The van der Waals surface area contributed by atoms with Crippen LogP contribution >= 0.6 is 12.4 Å². The predicted molar refractivity (Wildman–Crippen MR) is 154 cm³/mol. The third-order valence-corrected chi connectivity index (χ3v) is 8.70. The zero-order chi connectivity index (χ0) is 26.5. The van der Waals surface area contributed by atoms with Gasteiger partial charge in [-0.25, -0.2) is 0 Å². The lowest BCUT2D eigenvalue weighted by molar-refractivity contribution is -0.139. The Hall–Kier alpha value is -2.77. The van der Waals surface area contributed by atoms with Gasteiger partial charge in [-0.05, 0) is 81.3 Å². The second-order valence-electron chi connectivity index (χ2n) is 11.2. The Kier molecular flexibility index (Phi) is 9.78. The first kappa shape index (κ1) is 29.2. The molecule has 3 aliphatic rings. The minimum absolute atomic E-state index is 0. The molecule has 0 bridgehead atoms. The molecule has 7 nitrogen and oxygen atoms in total. The molecule has 1 unspecified atom stereocenters. The van der Waals surface area contributed by atoms with Crippen molar-refractivity contribution < 1.29 is 19.1 Å². The van der Waals surface area contributed by atoms with Crippen molar-refractivity contribution in [1.82, 2.24) is 15.1 Å². The van der Waals surface area contributed by atoms with E-state index in [-0.39, 0.29) is 29.8 Å². The smallest absolute Gasteiger partial charge is 0.229 e. The van der Waals surface area contributed by atoms with Gasteiger partial charge >= 0.3 is 0 Å². The molecule has 2 saturated heterocycles. The molecule has 1 aliphatic carbocycles. The molecule has 1 atom stereocenters. The molecule has 1 N–H and O–H groups in total. The lowest BCUT2D eigenvalue weighted by atomic mass is 9.77. The third-order valence-electron chi connectivity index (χ3n) is 8.70. The first-order chi connectivity index (χ1) is 18.5. The highest BCUT2D eigenvalue weighted by atomic mass is 35.5. The summed E-state index contributed by atoms with van der Waals surface area (Å²) >= 11 is 0. The fraction of sp³-hybridized carbons (Fsp3) is 0.548. The summed E-state index contributed by atoms with van der Waals surface area (Å²) in [4.78, 5) is 30.7. The number of benzene rings is 2. The Morgan fingerprint density at radius 3 is 2.36 bits per heavy atom. The van der Waals surface area contributed by atoms with Gasteiger partial charge in [0.25, 0.3) is 0 Å². The van der Waals surface area contributed by atoms with Gasteiger partial charge in [0.1, 0.15) is 11.5 Å². The maximum absolute atomic E-state index is 13.5. The minimum atomic E-state index is -0.219. The van der Waals surface area contributed by atoms with E-state index in [4.69, 9.17) is 9.47 Å². The highest BCUT2D eigenvalue weighted by molar-refractivity contribution is 5.85. The molecule has 2 aliphatic heterocycles. The fourth-order valence-electron chi connectivity index (χ4n) is 6.07. The lowest BCUT2D eigenvalue weighted by Gasteiger charge is -2.38. The highest BCUT2D eigenvalue weighted by Gasteiger charge is 2.47. The summed E-state index contributed by atoms with van der Waals surface area (Å²) in [6.45, 7) is 4.20. The number of carbonyl (C=O) groups is 2. The number of methoxy groups -OCH3 is 2. The molecular formula is C31H42ClN3O4. The van der Waals surface area contributed by atoms with E-state index in [1.807, 2.05) is 47.4 Å². The van der Waals surface area contributed by atoms with Crippen molar-refractivity contribution in [1.29, 1.82) is 0 Å². The number of carbonyl (C=O) groups excluding carboxylic acids is 2. The molecule has 8 heteroatoms. The molecule has 2 aromatic carbocycles. The fourth-order valence-corrected chi connectivity index (χ4v) is 6.07. The zero-order valence-corrected chi connectivity index (χ0v) is 24.0. The Morgan fingerprint density at radius 2 is 1.69 bits per heavy atom. The number of hydrogen-bond acceptors (Lipinski definition) is 5. The number of nitrogens with one attached hydrogen (secondary N) is 1. The topological polar surface area (TPSA) is 71.1 Å². The van der Waals surface area contributed by atoms with Crippen LogP contribution in [0.2, 0.25) is 0 Å². The van der Waals surface area contributed by atoms with Crippen molar-refractivity contribution in [3.05, 3.63) is 59.7 Å². The molecular weight excluding hydrogens is 514 g/mol. The number of ether oxygens (including phenoxy) is 2. The molecule has 2 aromatic rings. The highest BCUT2D eigenvalue weighted by Crippen LogP contribution is 2.42. The van der Waals surface area contributed by atoms with Crippen molar-refractivity contribution in [2.75, 3.05) is 40.4 Å². The van der Waals surface area contributed by atoms with E-state index in [0.717, 1.165) is 74.5 Å². The number of para-hydroxylation sites is 1. The van der Waals surface area contributed by atoms with E-state index in [1.54, 1.807) is 14.2 Å². The van der Waals surface area contributed by atoms with Crippen molar-refractivity contribution in [3.8, 4) is 11.5 Å². The van der Waals surface area contributed by atoms with E-state index in [0.29, 0.717) is 24.8 Å². The van der Waals surface area contributed by atoms with Crippen LogP contribution in [0.25, 0.3) is 0 Å². The van der Waals surface area contributed by atoms with Crippen LogP contribution in [0.4, 0.5) is 0 Å². The minimum Gasteiger partial charge on any atom is -0.497 e. The monoisotopic (exact) mass is 555 g/mol. The van der Waals surface area contributed by atoms with Gasteiger partial charge in [0, 0.05) is 31.6 Å².